The van der Waals surface area contributed by atoms with Gasteiger partial charge in [0.2, 0.25) is 0 Å². The van der Waals surface area contributed by atoms with Crippen LogP contribution in [0.5, 0.6) is 0 Å². The van der Waals surface area contributed by atoms with Gasteiger partial charge in [-0.2, -0.15) is 0 Å². The number of benzene rings is 2. The Morgan fingerprint density at radius 2 is 1.74 bits per heavy atom. The van der Waals surface area contributed by atoms with Gasteiger partial charge in [-0.3, -0.25) is 0 Å². The van der Waals surface area contributed by atoms with Crippen LogP contribution in [0.15, 0.2) is 42.5 Å². The highest BCUT2D eigenvalue weighted by Gasteiger charge is 2.09. The van der Waals surface area contributed by atoms with E-state index >= 15 is 0 Å². The quantitative estimate of drug-likeness (QED) is 0.605. The molecule has 0 N–H and O–H groups in total. The van der Waals surface area contributed by atoms with Crippen LogP contribution in [-0.4, -0.2) is 9.97 Å². The highest BCUT2D eigenvalue weighted by molar-refractivity contribution is 6.34. The van der Waals surface area contributed by atoms with Gasteiger partial charge in [0, 0.05) is 10.9 Å². The van der Waals surface area contributed by atoms with Gasteiger partial charge in [0.25, 0.3) is 0 Å². The van der Waals surface area contributed by atoms with Gasteiger partial charge < -0.3 is 0 Å². The van der Waals surface area contributed by atoms with E-state index in [9.17, 15) is 4.39 Å². The molecule has 0 radical (unpaired) electrons. The highest BCUT2D eigenvalue weighted by Crippen LogP contribution is 2.26. The summed E-state index contributed by atoms with van der Waals surface area (Å²) >= 11 is 11.8. The van der Waals surface area contributed by atoms with Gasteiger partial charge >= 0.3 is 0 Å². The predicted molar refractivity (Wildman–Crippen MR) is 75.0 cm³/mol. The van der Waals surface area contributed by atoms with Crippen LogP contribution in [-0.2, 0) is 0 Å². The van der Waals surface area contributed by atoms with E-state index in [2.05, 4.69) is 9.97 Å². The first-order chi connectivity index (χ1) is 9.15. The van der Waals surface area contributed by atoms with E-state index in [1.165, 1.54) is 12.1 Å². The van der Waals surface area contributed by atoms with E-state index in [-0.39, 0.29) is 5.02 Å². The van der Waals surface area contributed by atoms with Crippen LogP contribution in [0.3, 0.4) is 0 Å². The summed E-state index contributed by atoms with van der Waals surface area (Å²) in [6, 6.07) is 11.8. The van der Waals surface area contributed by atoms with Gasteiger partial charge in [-0.1, -0.05) is 35.3 Å². The van der Waals surface area contributed by atoms with Crippen LogP contribution in [0.4, 0.5) is 4.39 Å². The molecule has 0 atom stereocenters. The van der Waals surface area contributed by atoms with Gasteiger partial charge in [0.15, 0.2) is 5.82 Å². The fourth-order valence-electron chi connectivity index (χ4n) is 1.80. The van der Waals surface area contributed by atoms with E-state index in [0.29, 0.717) is 22.1 Å². The van der Waals surface area contributed by atoms with Gasteiger partial charge in [-0.05, 0) is 30.3 Å². The largest absolute Gasteiger partial charge is 0.228 e. The lowest BCUT2D eigenvalue weighted by Gasteiger charge is -2.05. The van der Waals surface area contributed by atoms with Crippen molar-refractivity contribution in [2.75, 3.05) is 0 Å². The Balaban J connectivity index is 2.22. The van der Waals surface area contributed by atoms with Crippen molar-refractivity contribution in [3.8, 4) is 11.4 Å². The fraction of sp³-hybridized carbons (Fsp3) is 0. The molecule has 0 amide bonds. The summed E-state index contributed by atoms with van der Waals surface area (Å²) in [4.78, 5) is 8.56. The van der Waals surface area contributed by atoms with E-state index in [4.69, 9.17) is 23.2 Å². The number of rotatable bonds is 1. The van der Waals surface area contributed by atoms with Gasteiger partial charge in [0.05, 0.1) is 10.5 Å². The highest BCUT2D eigenvalue weighted by atomic mass is 35.5. The van der Waals surface area contributed by atoms with Gasteiger partial charge in [0.1, 0.15) is 11.0 Å². The molecule has 19 heavy (non-hydrogen) atoms. The first-order valence-corrected chi connectivity index (χ1v) is 6.28. The van der Waals surface area contributed by atoms with Crippen LogP contribution < -0.4 is 0 Å². The molecule has 1 heterocycles. The third-order valence-corrected chi connectivity index (χ3v) is 3.33. The van der Waals surface area contributed by atoms with Crippen molar-refractivity contribution in [3.05, 3.63) is 58.5 Å². The van der Waals surface area contributed by atoms with Crippen molar-refractivity contribution in [2.24, 2.45) is 0 Å². The molecule has 3 aromatic rings. The second-order valence-electron chi connectivity index (χ2n) is 3.98. The lowest BCUT2D eigenvalue weighted by atomic mass is 10.2. The van der Waals surface area contributed by atoms with Crippen molar-refractivity contribution in [1.82, 2.24) is 9.97 Å². The number of nitrogens with zero attached hydrogens (tertiary/aromatic N) is 2. The number of fused-ring (bicyclic) bond motifs is 1. The molecule has 5 heteroatoms. The molecule has 2 nitrogen and oxygen atoms in total. The van der Waals surface area contributed by atoms with E-state index in [0.717, 1.165) is 5.39 Å². The Morgan fingerprint density at radius 1 is 0.947 bits per heavy atom. The molecule has 2 aromatic carbocycles. The minimum Gasteiger partial charge on any atom is -0.228 e. The Bertz CT molecular complexity index is 774. The molecule has 1 aromatic heterocycles. The second-order valence-corrected chi connectivity index (χ2v) is 4.75. The lowest BCUT2D eigenvalue weighted by Crippen LogP contribution is -1.92. The first kappa shape index (κ1) is 12.3. The topological polar surface area (TPSA) is 25.8 Å². The standard InChI is InChI=1S/C14H7Cl2FN2/c15-10-6-5-8(7-11(10)17)14-18-12-4-2-1-3-9(12)13(16)19-14/h1-7H. The zero-order valence-corrected chi connectivity index (χ0v) is 11.1. The average Bonchev–Trinajstić information content (AvgIpc) is 2.42. The Kier molecular flexibility index (Phi) is 3.09. The molecule has 0 saturated carbocycles. The fourth-order valence-corrected chi connectivity index (χ4v) is 2.16. The minimum absolute atomic E-state index is 0.0654. The van der Waals surface area contributed by atoms with E-state index in [1.807, 2.05) is 24.3 Å². The third kappa shape index (κ3) is 2.27. The molecular weight excluding hydrogens is 286 g/mol. The Morgan fingerprint density at radius 3 is 2.53 bits per heavy atom. The molecule has 3 rings (SSSR count). The maximum Gasteiger partial charge on any atom is 0.161 e. The van der Waals surface area contributed by atoms with E-state index in [1.54, 1.807) is 6.07 Å². The summed E-state index contributed by atoms with van der Waals surface area (Å²) in [5.41, 5.74) is 1.25. The van der Waals surface area contributed by atoms with Crippen LogP contribution >= 0.6 is 23.2 Å². The maximum atomic E-state index is 13.5. The first-order valence-electron chi connectivity index (χ1n) is 5.53. The SMILES string of the molecule is Fc1cc(-c2nc(Cl)c3ccccc3n2)ccc1Cl. The van der Waals surface area contributed by atoms with Crippen molar-refractivity contribution in [1.29, 1.82) is 0 Å². The van der Waals surface area contributed by atoms with Crippen LogP contribution in [0, 0.1) is 5.82 Å². The molecule has 0 aliphatic rings. The molecule has 0 fully saturated rings. The number of halogens is 3. The van der Waals surface area contributed by atoms with Crippen molar-refractivity contribution < 1.29 is 4.39 Å². The molecule has 0 spiro atoms. The average molecular weight is 293 g/mol. The smallest absolute Gasteiger partial charge is 0.161 e. The lowest BCUT2D eigenvalue weighted by molar-refractivity contribution is 0.628. The Hall–Kier alpha value is -1.71. The maximum absolute atomic E-state index is 13.5. The third-order valence-electron chi connectivity index (χ3n) is 2.73. The summed E-state index contributed by atoms with van der Waals surface area (Å²) in [5, 5.41) is 1.17. The van der Waals surface area contributed by atoms with Gasteiger partial charge in [-0.15, -0.1) is 0 Å². The number of aromatic nitrogens is 2. The Labute approximate surface area is 118 Å². The van der Waals surface area contributed by atoms with E-state index < -0.39 is 5.82 Å². The summed E-state index contributed by atoms with van der Waals surface area (Å²) in [5.74, 6) is -0.133. The molecule has 94 valence electrons. The molecule has 0 aliphatic carbocycles. The minimum atomic E-state index is -0.507. The summed E-state index contributed by atoms with van der Waals surface area (Å²) in [6.45, 7) is 0. The predicted octanol–water partition coefficient (Wildman–Crippen LogP) is 4.74. The van der Waals surface area contributed by atoms with Gasteiger partial charge in [-0.25, -0.2) is 14.4 Å². The number of para-hydroxylation sites is 1. The zero-order chi connectivity index (χ0) is 13.4. The molecular formula is C14H7Cl2FN2. The normalized spacial score (nSPS) is 10.9. The molecule has 0 saturated heterocycles. The molecule has 0 aliphatic heterocycles. The van der Waals surface area contributed by atoms with Crippen LogP contribution in [0.25, 0.3) is 22.3 Å². The van der Waals surface area contributed by atoms with Crippen molar-refractivity contribution in [2.45, 2.75) is 0 Å². The van der Waals surface area contributed by atoms with Crippen molar-refractivity contribution in [3.63, 3.8) is 0 Å². The zero-order valence-electron chi connectivity index (χ0n) is 9.57. The molecule has 0 bridgehead atoms. The van der Waals surface area contributed by atoms with Crippen LogP contribution in [0.2, 0.25) is 10.2 Å². The summed E-state index contributed by atoms with van der Waals surface area (Å²) < 4.78 is 13.5. The second kappa shape index (κ2) is 4.76. The monoisotopic (exact) mass is 292 g/mol. The summed E-state index contributed by atoms with van der Waals surface area (Å²) in [7, 11) is 0. The summed E-state index contributed by atoms with van der Waals surface area (Å²) in [6.07, 6.45) is 0. The van der Waals surface area contributed by atoms with Crippen LogP contribution in [0.1, 0.15) is 0 Å². The van der Waals surface area contributed by atoms with Crippen molar-refractivity contribution >= 4 is 34.1 Å². The number of hydrogen-bond acceptors (Lipinski definition) is 2. The number of hydrogen-bond donors (Lipinski definition) is 0. The molecule has 0 unspecified atom stereocenters.